The summed E-state index contributed by atoms with van der Waals surface area (Å²) in [5.74, 6) is 0.352. The molecule has 3 aromatic rings. The van der Waals surface area contributed by atoms with E-state index in [0.29, 0.717) is 0 Å². The van der Waals surface area contributed by atoms with Crippen molar-refractivity contribution in [3.8, 4) is 0 Å². The average molecular weight is 417 g/mol. The topological polar surface area (TPSA) is 59.1 Å². The summed E-state index contributed by atoms with van der Waals surface area (Å²) in [6.45, 7) is 1.82. The third-order valence-corrected chi connectivity index (χ3v) is 7.22. The standard InChI is InChI=1S/C16H14ClFN2O2S3/c1-2-23-16-20-14-7-6-10(8-15(14)24-16)25(21,22)19-9-11-12(17)4-3-5-13(11)18/h3-8,19H,2,9H2,1H3. The first-order valence-electron chi connectivity index (χ1n) is 7.36. The number of sulfonamides is 1. The van der Waals surface area contributed by atoms with Crippen molar-refractivity contribution in [2.45, 2.75) is 22.7 Å². The molecule has 1 N–H and O–H groups in total. The largest absolute Gasteiger partial charge is 0.240 e. The van der Waals surface area contributed by atoms with Crippen LogP contribution in [0.2, 0.25) is 5.02 Å². The number of fused-ring (bicyclic) bond motifs is 1. The van der Waals surface area contributed by atoms with Gasteiger partial charge in [-0.25, -0.2) is 22.5 Å². The SMILES string of the molecule is CCSc1nc2ccc(S(=O)(=O)NCc3c(F)cccc3Cl)cc2s1. The van der Waals surface area contributed by atoms with Crippen LogP contribution in [0.5, 0.6) is 0 Å². The van der Waals surface area contributed by atoms with Crippen LogP contribution in [0.15, 0.2) is 45.6 Å². The molecule has 0 atom stereocenters. The molecule has 0 spiro atoms. The smallest absolute Gasteiger partial charge is 0.230 e. The van der Waals surface area contributed by atoms with Gasteiger partial charge < -0.3 is 0 Å². The summed E-state index contributed by atoms with van der Waals surface area (Å²) < 4.78 is 42.9. The van der Waals surface area contributed by atoms with Crippen molar-refractivity contribution in [2.75, 3.05) is 5.75 Å². The van der Waals surface area contributed by atoms with Gasteiger partial charge in [-0.05, 0) is 36.1 Å². The molecule has 2 aromatic carbocycles. The van der Waals surface area contributed by atoms with Crippen LogP contribution in [0.4, 0.5) is 4.39 Å². The van der Waals surface area contributed by atoms with Crippen LogP contribution in [0.1, 0.15) is 12.5 Å². The number of nitrogens with one attached hydrogen (secondary N) is 1. The van der Waals surface area contributed by atoms with E-state index < -0.39 is 15.8 Å². The van der Waals surface area contributed by atoms with E-state index in [0.717, 1.165) is 20.3 Å². The van der Waals surface area contributed by atoms with E-state index in [1.165, 1.54) is 35.6 Å². The van der Waals surface area contributed by atoms with E-state index in [1.54, 1.807) is 23.9 Å². The minimum atomic E-state index is -3.79. The fraction of sp³-hybridized carbons (Fsp3) is 0.188. The van der Waals surface area contributed by atoms with Crippen molar-refractivity contribution < 1.29 is 12.8 Å². The van der Waals surface area contributed by atoms with Gasteiger partial charge >= 0.3 is 0 Å². The Balaban J connectivity index is 1.85. The van der Waals surface area contributed by atoms with Gasteiger partial charge in [0.15, 0.2) is 4.34 Å². The molecule has 1 aromatic heterocycles. The summed E-state index contributed by atoms with van der Waals surface area (Å²) in [5, 5.41) is 0.182. The Hall–Kier alpha value is -1.19. The quantitative estimate of drug-likeness (QED) is 0.593. The molecule has 0 aliphatic carbocycles. The van der Waals surface area contributed by atoms with Gasteiger partial charge in [0.25, 0.3) is 0 Å². The first kappa shape index (κ1) is 18.6. The molecule has 4 nitrogen and oxygen atoms in total. The molecule has 132 valence electrons. The second-order valence-electron chi connectivity index (χ2n) is 5.07. The number of hydrogen-bond donors (Lipinski definition) is 1. The van der Waals surface area contributed by atoms with Crippen molar-refractivity contribution in [2.24, 2.45) is 0 Å². The number of nitrogens with zero attached hydrogens (tertiary/aromatic N) is 1. The predicted molar refractivity (Wildman–Crippen MR) is 101 cm³/mol. The highest BCUT2D eigenvalue weighted by Crippen LogP contribution is 2.31. The monoisotopic (exact) mass is 416 g/mol. The Morgan fingerprint density at radius 3 is 2.84 bits per heavy atom. The van der Waals surface area contributed by atoms with Crippen LogP contribution < -0.4 is 4.72 Å². The van der Waals surface area contributed by atoms with E-state index in [2.05, 4.69) is 9.71 Å². The highest BCUT2D eigenvalue weighted by Gasteiger charge is 2.17. The van der Waals surface area contributed by atoms with Crippen molar-refractivity contribution >= 4 is 54.9 Å². The summed E-state index contributed by atoms with van der Waals surface area (Å²) in [5.41, 5.74) is 0.880. The Bertz CT molecular complexity index is 1000. The lowest BCUT2D eigenvalue weighted by molar-refractivity contribution is 0.574. The zero-order chi connectivity index (χ0) is 18.0. The fourth-order valence-electron chi connectivity index (χ4n) is 2.19. The van der Waals surface area contributed by atoms with Crippen LogP contribution >= 0.6 is 34.7 Å². The Morgan fingerprint density at radius 2 is 2.12 bits per heavy atom. The van der Waals surface area contributed by atoms with Crippen LogP contribution in [-0.4, -0.2) is 19.2 Å². The lowest BCUT2D eigenvalue weighted by Gasteiger charge is -2.09. The lowest BCUT2D eigenvalue weighted by atomic mass is 10.2. The molecule has 25 heavy (non-hydrogen) atoms. The third kappa shape index (κ3) is 4.15. The van der Waals surface area contributed by atoms with Crippen LogP contribution in [0.3, 0.4) is 0 Å². The van der Waals surface area contributed by atoms with Gasteiger partial charge in [0.05, 0.1) is 15.1 Å². The molecule has 1 heterocycles. The molecule has 0 saturated carbocycles. The van der Waals surface area contributed by atoms with E-state index in [4.69, 9.17) is 11.6 Å². The molecular weight excluding hydrogens is 403 g/mol. The molecule has 0 bridgehead atoms. The Morgan fingerprint density at radius 1 is 1.32 bits per heavy atom. The van der Waals surface area contributed by atoms with Crippen LogP contribution in [0.25, 0.3) is 10.2 Å². The number of benzene rings is 2. The number of rotatable bonds is 6. The van der Waals surface area contributed by atoms with Gasteiger partial charge in [-0.1, -0.05) is 36.4 Å². The summed E-state index contributed by atoms with van der Waals surface area (Å²) in [4.78, 5) is 4.56. The second-order valence-corrected chi connectivity index (χ2v) is 9.78. The number of thiazole rings is 1. The molecule has 0 aliphatic heterocycles. The van der Waals surface area contributed by atoms with E-state index in [-0.39, 0.29) is 22.0 Å². The van der Waals surface area contributed by atoms with Gasteiger partial charge in [0.1, 0.15) is 5.82 Å². The predicted octanol–water partition coefficient (Wildman–Crippen LogP) is 4.68. The van der Waals surface area contributed by atoms with Gasteiger partial charge in [-0.2, -0.15) is 0 Å². The van der Waals surface area contributed by atoms with Crippen molar-refractivity contribution in [1.29, 1.82) is 0 Å². The molecule has 9 heteroatoms. The first-order valence-corrected chi connectivity index (χ1v) is 11.0. The van der Waals surface area contributed by atoms with Gasteiger partial charge in [0, 0.05) is 17.1 Å². The third-order valence-electron chi connectivity index (χ3n) is 3.42. The summed E-state index contributed by atoms with van der Waals surface area (Å²) >= 11 is 8.99. The maximum atomic E-state index is 13.8. The molecule has 0 radical (unpaired) electrons. The van der Waals surface area contributed by atoms with Gasteiger partial charge in [0.2, 0.25) is 10.0 Å². The Labute approximate surface area is 158 Å². The minimum absolute atomic E-state index is 0.115. The molecule has 3 rings (SSSR count). The summed E-state index contributed by atoms with van der Waals surface area (Å²) in [6, 6.07) is 8.98. The molecule has 0 fully saturated rings. The Kier molecular flexibility index (Phi) is 5.65. The van der Waals surface area contributed by atoms with Crippen LogP contribution in [-0.2, 0) is 16.6 Å². The average Bonchev–Trinajstić information content (AvgIpc) is 2.96. The lowest BCUT2D eigenvalue weighted by Crippen LogP contribution is -2.23. The van der Waals surface area contributed by atoms with Crippen molar-refractivity contribution in [1.82, 2.24) is 9.71 Å². The normalized spacial score (nSPS) is 12.0. The highest BCUT2D eigenvalue weighted by atomic mass is 35.5. The first-order chi connectivity index (χ1) is 11.9. The van der Waals surface area contributed by atoms with E-state index in [1.807, 2.05) is 6.92 Å². The zero-order valence-electron chi connectivity index (χ0n) is 13.1. The number of hydrogen-bond acceptors (Lipinski definition) is 5. The zero-order valence-corrected chi connectivity index (χ0v) is 16.3. The molecule has 0 aliphatic rings. The molecule has 0 unspecified atom stereocenters. The van der Waals surface area contributed by atoms with Crippen LogP contribution in [0, 0.1) is 5.82 Å². The molecule has 0 saturated heterocycles. The van der Waals surface area contributed by atoms with E-state index >= 15 is 0 Å². The fourth-order valence-corrected chi connectivity index (χ4v) is 5.52. The summed E-state index contributed by atoms with van der Waals surface area (Å²) in [6.07, 6.45) is 0. The summed E-state index contributed by atoms with van der Waals surface area (Å²) in [7, 11) is -3.79. The molecular formula is C16H14ClFN2O2S3. The maximum absolute atomic E-state index is 13.8. The van der Waals surface area contributed by atoms with Crippen molar-refractivity contribution in [3.05, 3.63) is 52.8 Å². The van der Waals surface area contributed by atoms with E-state index in [9.17, 15) is 12.8 Å². The number of thioether (sulfide) groups is 1. The molecule has 0 amide bonds. The van der Waals surface area contributed by atoms with Gasteiger partial charge in [-0.3, -0.25) is 0 Å². The van der Waals surface area contributed by atoms with Crippen molar-refractivity contribution in [3.63, 3.8) is 0 Å². The maximum Gasteiger partial charge on any atom is 0.240 e. The number of aromatic nitrogens is 1. The second kappa shape index (κ2) is 7.59. The highest BCUT2D eigenvalue weighted by molar-refractivity contribution is 8.01. The number of halogens is 2. The minimum Gasteiger partial charge on any atom is -0.230 e. The van der Waals surface area contributed by atoms with Gasteiger partial charge in [-0.15, -0.1) is 11.3 Å².